The molecule has 0 unspecified atom stereocenters. The van der Waals surface area contributed by atoms with Crippen molar-refractivity contribution < 1.29 is 27.2 Å². The lowest BCUT2D eigenvalue weighted by Crippen LogP contribution is -1.98. The Hall–Kier alpha value is -5.02. The highest BCUT2D eigenvalue weighted by molar-refractivity contribution is 7.54. The van der Waals surface area contributed by atoms with Crippen LogP contribution in [0.2, 0.25) is 0 Å². The molecule has 70 heavy (non-hydrogen) atoms. The summed E-state index contributed by atoms with van der Waals surface area (Å²) < 4.78 is 45.6. The quantitative estimate of drug-likeness (QED) is 0.134. The van der Waals surface area contributed by atoms with Gasteiger partial charge in [-0.2, -0.15) is 0 Å². The Morgan fingerprint density at radius 2 is 0.329 bits per heavy atom. The maximum atomic E-state index is 12.1. The lowest BCUT2D eigenvalue weighted by atomic mass is 10.1. The summed E-state index contributed by atoms with van der Waals surface area (Å²) in [6.45, 7) is 50.9. The minimum Gasteiger partial charge on any atom is -0.416 e. The molecule has 0 fully saturated rings. The van der Waals surface area contributed by atoms with Crippen LogP contribution in [0.15, 0.2) is 182 Å². The first-order valence-electron chi connectivity index (χ1n) is 26.5. The first-order chi connectivity index (χ1) is 34.3. The van der Waals surface area contributed by atoms with Crippen LogP contribution in [0.25, 0.3) is 11.1 Å². The molecule has 0 saturated heterocycles. The summed E-state index contributed by atoms with van der Waals surface area (Å²) in [7, 11) is -6.27. The SMILES string of the molecule is CC.CC.CC.CC.CC.CC.CC.CC.CC.CC.CC.CC.CP(=O)(Oc1ccccc1)Oc1ccccc1.CP(=O)(Oc1ccccc1)Oc1ccccc1.c1ccc(-c2ccccc2)cc1. The van der Waals surface area contributed by atoms with Crippen molar-refractivity contribution in [2.45, 2.75) is 166 Å². The molecule has 0 aliphatic rings. The van der Waals surface area contributed by atoms with Gasteiger partial charge in [-0.3, -0.25) is 0 Å². The van der Waals surface area contributed by atoms with Crippen molar-refractivity contribution >= 4 is 15.2 Å². The van der Waals surface area contributed by atoms with E-state index in [1.54, 1.807) is 48.5 Å². The minimum absolute atomic E-state index is 0.536. The third kappa shape index (κ3) is 53.9. The summed E-state index contributed by atoms with van der Waals surface area (Å²) in [5, 5.41) is 0. The van der Waals surface area contributed by atoms with E-state index < -0.39 is 15.2 Å². The molecule has 0 radical (unpaired) electrons. The fourth-order valence-corrected chi connectivity index (χ4v) is 6.08. The Balaban J connectivity index is -0.0000000941. The van der Waals surface area contributed by atoms with Gasteiger partial charge in [-0.25, -0.2) is 9.13 Å². The molecule has 402 valence electrons. The maximum Gasteiger partial charge on any atom is 0.427 e. The molecule has 6 aromatic carbocycles. The van der Waals surface area contributed by atoms with Crippen molar-refractivity contribution in [3.63, 3.8) is 0 Å². The average Bonchev–Trinajstić information content (AvgIpc) is 3.47. The van der Waals surface area contributed by atoms with Gasteiger partial charge in [0.05, 0.1) is 13.3 Å². The van der Waals surface area contributed by atoms with E-state index in [2.05, 4.69) is 48.5 Å². The Kier molecular flexibility index (Phi) is 88.5. The Bertz CT molecular complexity index is 1570. The summed E-state index contributed by atoms with van der Waals surface area (Å²) >= 11 is 0. The third-order valence-corrected chi connectivity index (χ3v) is 8.11. The Labute approximate surface area is 436 Å². The number of hydrogen-bond donors (Lipinski definition) is 0. The number of benzene rings is 6. The second kappa shape index (κ2) is 73.0. The molecule has 8 heteroatoms. The predicted molar refractivity (Wildman–Crippen MR) is 323 cm³/mol. The van der Waals surface area contributed by atoms with E-state index in [-0.39, 0.29) is 0 Å². The molecule has 0 atom stereocenters. The van der Waals surface area contributed by atoms with E-state index in [0.29, 0.717) is 23.0 Å². The van der Waals surface area contributed by atoms with E-state index in [4.69, 9.17) is 18.1 Å². The van der Waals surface area contributed by atoms with Crippen LogP contribution >= 0.6 is 15.2 Å². The standard InChI is InChI=1S/2C13H13O3P.C12H10.12C2H6/c2*1-17(14,15-12-8-4-2-5-9-12)16-13-10-6-3-7-11-13;1-3-7-11(8-4-1)12-9-5-2-6-10-12;12*1-2/h2*2-11H,1H3;1-10H;12*1-2H3. The van der Waals surface area contributed by atoms with Crippen LogP contribution in [0, 0.1) is 0 Å². The highest BCUT2D eigenvalue weighted by Crippen LogP contribution is 2.45. The molecule has 0 amide bonds. The van der Waals surface area contributed by atoms with Crippen LogP contribution in [0.5, 0.6) is 23.0 Å². The first-order valence-corrected chi connectivity index (χ1v) is 30.5. The van der Waals surface area contributed by atoms with Gasteiger partial charge in [-0.15, -0.1) is 0 Å². The van der Waals surface area contributed by atoms with Gasteiger partial charge in [0.2, 0.25) is 0 Å². The van der Waals surface area contributed by atoms with Gasteiger partial charge >= 0.3 is 15.2 Å². The molecule has 6 rings (SSSR count). The average molecular weight is 1010 g/mol. The number of hydrogen-bond acceptors (Lipinski definition) is 6. The monoisotopic (exact) mass is 1010 g/mol. The van der Waals surface area contributed by atoms with E-state index in [1.807, 2.05) is 251 Å². The maximum absolute atomic E-state index is 12.1. The fourth-order valence-electron chi connectivity index (χ4n) is 3.99. The molecule has 0 spiro atoms. The smallest absolute Gasteiger partial charge is 0.416 e. The molecule has 0 aliphatic carbocycles. The molecule has 0 aromatic heterocycles. The lowest BCUT2D eigenvalue weighted by Gasteiger charge is -2.15. The van der Waals surface area contributed by atoms with Crippen molar-refractivity contribution in [2.24, 2.45) is 0 Å². The molecule has 6 aromatic rings. The topological polar surface area (TPSA) is 71.1 Å². The van der Waals surface area contributed by atoms with Gasteiger partial charge < -0.3 is 18.1 Å². The van der Waals surface area contributed by atoms with Crippen LogP contribution in [0.3, 0.4) is 0 Å². The van der Waals surface area contributed by atoms with Gasteiger partial charge in [0.25, 0.3) is 0 Å². The van der Waals surface area contributed by atoms with Crippen LogP contribution in [-0.4, -0.2) is 13.3 Å². The molecule has 6 nitrogen and oxygen atoms in total. The first kappa shape index (κ1) is 84.9. The second-order valence-electron chi connectivity index (χ2n) is 9.89. The summed E-state index contributed by atoms with van der Waals surface area (Å²) in [5.41, 5.74) is 2.55. The van der Waals surface area contributed by atoms with E-state index in [1.165, 1.54) is 24.5 Å². The number of para-hydroxylation sites is 4. The largest absolute Gasteiger partial charge is 0.427 e. The zero-order valence-electron chi connectivity index (χ0n) is 49.7. The van der Waals surface area contributed by atoms with Crippen molar-refractivity contribution in [1.82, 2.24) is 0 Å². The lowest BCUT2D eigenvalue weighted by molar-refractivity contribution is 0.392. The van der Waals surface area contributed by atoms with Crippen molar-refractivity contribution in [1.29, 1.82) is 0 Å². The Morgan fingerprint density at radius 1 is 0.214 bits per heavy atom. The molecule has 0 heterocycles. The highest BCUT2D eigenvalue weighted by atomic mass is 31.2. The normalized spacial score (nSPS) is 7.97. The third-order valence-electron chi connectivity index (χ3n) is 5.94. The zero-order chi connectivity index (χ0) is 56.5. The fraction of sp³-hybridized carbons (Fsp3) is 0.419. The van der Waals surface area contributed by atoms with Gasteiger partial charge in [0, 0.05) is 0 Å². The summed E-state index contributed by atoms with van der Waals surface area (Å²) in [6, 6.07) is 56.7. The summed E-state index contributed by atoms with van der Waals surface area (Å²) in [5.74, 6) is 2.15. The van der Waals surface area contributed by atoms with E-state index in [0.717, 1.165) is 0 Å². The molecule has 0 saturated carbocycles. The zero-order valence-corrected chi connectivity index (χ0v) is 51.5. The van der Waals surface area contributed by atoms with Gasteiger partial charge in [0.1, 0.15) is 23.0 Å². The summed E-state index contributed by atoms with van der Waals surface area (Å²) in [4.78, 5) is 0. The van der Waals surface area contributed by atoms with Gasteiger partial charge in [-0.05, 0) is 59.7 Å². The minimum atomic E-state index is -3.14. The molecule has 0 N–H and O–H groups in total. The number of rotatable bonds is 9. The van der Waals surface area contributed by atoms with Crippen LogP contribution in [-0.2, 0) is 9.13 Å². The molecular weight excluding hydrogens is 903 g/mol. The Morgan fingerprint density at radius 3 is 0.457 bits per heavy atom. The van der Waals surface area contributed by atoms with Crippen LogP contribution in [0.4, 0.5) is 0 Å². The van der Waals surface area contributed by atoms with Crippen molar-refractivity contribution in [3.05, 3.63) is 182 Å². The van der Waals surface area contributed by atoms with E-state index >= 15 is 0 Å². The second-order valence-corrected chi connectivity index (χ2v) is 13.7. The van der Waals surface area contributed by atoms with Gasteiger partial charge in [0.15, 0.2) is 0 Å². The highest BCUT2D eigenvalue weighted by Gasteiger charge is 2.21. The van der Waals surface area contributed by atoms with Crippen LogP contribution in [0.1, 0.15) is 166 Å². The van der Waals surface area contributed by atoms with Crippen LogP contribution < -0.4 is 18.1 Å². The van der Waals surface area contributed by atoms with Crippen molar-refractivity contribution in [2.75, 3.05) is 13.3 Å². The van der Waals surface area contributed by atoms with Crippen molar-refractivity contribution in [3.8, 4) is 34.1 Å². The van der Waals surface area contributed by atoms with Gasteiger partial charge in [-0.1, -0.05) is 300 Å². The predicted octanol–water partition coefficient (Wildman–Crippen LogP) is 23.6. The summed E-state index contributed by atoms with van der Waals surface area (Å²) in [6.07, 6.45) is 0. The molecule has 0 bridgehead atoms. The molecular formula is C62H108O6P2. The van der Waals surface area contributed by atoms with E-state index in [9.17, 15) is 9.13 Å². The molecule has 0 aliphatic heterocycles.